The molecule has 0 unspecified atom stereocenters. The van der Waals surface area contributed by atoms with E-state index >= 15 is 0 Å². The summed E-state index contributed by atoms with van der Waals surface area (Å²) in [6.45, 7) is 1.82. The number of benzene rings is 4. The summed E-state index contributed by atoms with van der Waals surface area (Å²) in [4.78, 5) is 27.3. The second-order valence-corrected chi connectivity index (χ2v) is 11.0. The van der Waals surface area contributed by atoms with Gasteiger partial charge < -0.3 is 28.4 Å². The van der Waals surface area contributed by atoms with E-state index < -0.39 is 54.0 Å². The molecule has 8 nitrogen and oxygen atoms in total. The molecule has 4 aromatic rings. The first-order valence-corrected chi connectivity index (χ1v) is 14.3. The van der Waals surface area contributed by atoms with Crippen molar-refractivity contribution in [3.63, 3.8) is 0 Å². The van der Waals surface area contributed by atoms with Gasteiger partial charge in [0.2, 0.25) is 11.4 Å². The molecule has 0 bridgehead atoms. The van der Waals surface area contributed by atoms with Crippen LogP contribution in [0.15, 0.2) is 121 Å². The molecule has 3 saturated heterocycles. The van der Waals surface area contributed by atoms with Gasteiger partial charge in [-0.05, 0) is 36.8 Å². The van der Waals surface area contributed by atoms with Crippen molar-refractivity contribution in [2.45, 2.75) is 49.0 Å². The Morgan fingerprint density at radius 1 is 0.698 bits per heavy atom. The first-order valence-electron chi connectivity index (χ1n) is 14.3. The summed E-state index contributed by atoms with van der Waals surface area (Å²) in [5.41, 5.74) is 0.670. The molecule has 218 valence electrons. The highest BCUT2D eigenvalue weighted by atomic mass is 16.8. The van der Waals surface area contributed by atoms with Gasteiger partial charge in [-0.15, -0.1) is 0 Å². The second kappa shape index (κ2) is 11.1. The van der Waals surface area contributed by atoms with E-state index in [0.29, 0.717) is 11.1 Å². The zero-order valence-electron chi connectivity index (χ0n) is 23.4. The van der Waals surface area contributed by atoms with Gasteiger partial charge in [-0.2, -0.15) is 0 Å². The highest BCUT2D eigenvalue weighted by molar-refractivity contribution is 5.90. The van der Waals surface area contributed by atoms with Gasteiger partial charge >= 0.3 is 11.9 Å². The van der Waals surface area contributed by atoms with Crippen molar-refractivity contribution >= 4 is 11.9 Å². The molecule has 0 amide bonds. The number of hydrogen-bond donors (Lipinski definition) is 0. The van der Waals surface area contributed by atoms with Crippen LogP contribution in [-0.2, 0) is 28.4 Å². The van der Waals surface area contributed by atoms with E-state index in [4.69, 9.17) is 28.4 Å². The third-order valence-corrected chi connectivity index (χ3v) is 8.23. The molecule has 3 aliphatic rings. The maximum Gasteiger partial charge on any atom is 0.339 e. The first kappa shape index (κ1) is 27.5. The highest BCUT2D eigenvalue weighted by Crippen LogP contribution is 2.63. The van der Waals surface area contributed by atoms with Gasteiger partial charge in [0.15, 0.2) is 12.4 Å². The molecule has 0 aliphatic carbocycles. The molecule has 3 aliphatic heterocycles. The van der Waals surface area contributed by atoms with Crippen molar-refractivity contribution in [2.24, 2.45) is 0 Å². The van der Waals surface area contributed by atoms with Crippen molar-refractivity contribution in [3.05, 3.63) is 144 Å². The Bertz CT molecular complexity index is 1580. The lowest BCUT2D eigenvalue weighted by atomic mass is 9.79. The van der Waals surface area contributed by atoms with E-state index in [-0.39, 0.29) is 6.61 Å². The van der Waals surface area contributed by atoms with E-state index in [9.17, 15) is 9.59 Å². The number of esters is 2. The average Bonchev–Trinajstić information content (AvgIpc) is 3.80. The Labute approximate surface area is 249 Å². The Morgan fingerprint density at radius 3 is 1.84 bits per heavy atom. The van der Waals surface area contributed by atoms with Gasteiger partial charge in [-0.1, -0.05) is 97.1 Å². The third kappa shape index (κ3) is 4.92. The molecule has 7 atom stereocenters. The summed E-state index contributed by atoms with van der Waals surface area (Å²) in [6.07, 6.45) is -4.03. The van der Waals surface area contributed by atoms with Crippen LogP contribution in [0.5, 0.6) is 0 Å². The van der Waals surface area contributed by atoms with E-state index in [2.05, 4.69) is 0 Å². The minimum absolute atomic E-state index is 0.138. The number of carbonyl (C=O) groups excluding carboxylic acids is 2. The van der Waals surface area contributed by atoms with Crippen LogP contribution in [0.1, 0.15) is 51.2 Å². The molecule has 4 aromatic carbocycles. The summed E-state index contributed by atoms with van der Waals surface area (Å²) in [5, 5.41) is 0. The number of fused-ring (bicyclic) bond motifs is 1. The quantitative estimate of drug-likeness (QED) is 0.209. The summed E-state index contributed by atoms with van der Waals surface area (Å²) in [6, 6.07) is 36.3. The molecule has 0 N–H and O–H groups in total. The van der Waals surface area contributed by atoms with Gasteiger partial charge in [0.05, 0.1) is 17.7 Å². The molecule has 7 rings (SSSR count). The van der Waals surface area contributed by atoms with E-state index in [0.717, 1.165) is 11.1 Å². The summed E-state index contributed by atoms with van der Waals surface area (Å²) >= 11 is 0. The molecular weight excluding hydrogens is 548 g/mol. The topological polar surface area (TPSA) is 92.8 Å². The van der Waals surface area contributed by atoms with Crippen molar-refractivity contribution in [1.82, 2.24) is 0 Å². The fourth-order valence-electron chi connectivity index (χ4n) is 5.97. The lowest BCUT2D eigenvalue weighted by Crippen LogP contribution is -2.71. The first-order chi connectivity index (χ1) is 21.0. The van der Waals surface area contributed by atoms with Crippen LogP contribution in [0.3, 0.4) is 0 Å². The molecule has 0 saturated carbocycles. The van der Waals surface area contributed by atoms with Gasteiger partial charge in [-0.3, -0.25) is 0 Å². The van der Waals surface area contributed by atoms with Crippen molar-refractivity contribution in [2.75, 3.05) is 6.61 Å². The molecule has 8 heteroatoms. The van der Waals surface area contributed by atoms with Gasteiger partial charge in [0.25, 0.3) is 0 Å². The van der Waals surface area contributed by atoms with Crippen LogP contribution in [0.4, 0.5) is 0 Å². The van der Waals surface area contributed by atoms with E-state index in [1.54, 1.807) is 55.5 Å². The molecule has 1 spiro atoms. The lowest BCUT2D eigenvalue weighted by molar-refractivity contribution is -0.366. The van der Waals surface area contributed by atoms with Gasteiger partial charge in [-0.25, -0.2) is 9.59 Å². The molecule has 43 heavy (non-hydrogen) atoms. The maximum atomic E-state index is 13.7. The van der Waals surface area contributed by atoms with Crippen LogP contribution in [-0.4, -0.2) is 48.2 Å². The van der Waals surface area contributed by atoms with E-state index in [1.165, 1.54) is 0 Å². The monoisotopic (exact) mass is 578 g/mol. The maximum absolute atomic E-state index is 13.7. The molecule has 0 aromatic heterocycles. The minimum Gasteiger partial charge on any atom is -0.451 e. The summed E-state index contributed by atoms with van der Waals surface area (Å²) in [7, 11) is 0. The fraction of sp³-hybridized carbons (Fsp3) is 0.257. The average molecular weight is 579 g/mol. The minimum atomic E-state index is -1.63. The zero-order valence-corrected chi connectivity index (χ0v) is 23.4. The highest BCUT2D eigenvalue weighted by Gasteiger charge is 2.80. The Balaban J connectivity index is 1.31. The SMILES string of the molecule is C[C@@]1(OC(=O)c2ccccc2)[C@@H](OC(=O)c2ccccc2)[C@@H]2O[C@H](c3ccccc3)OC[C@H]2O[C@]12O[C@@H]2c1ccccc1. The number of ether oxygens (including phenoxy) is 6. The summed E-state index contributed by atoms with van der Waals surface area (Å²) in [5.74, 6) is -2.68. The van der Waals surface area contributed by atoms with Crippen LogP contribution >= 0.6 is 0 Å². The van der Waals surface area contributed by atoms with Crippen molar-refractivity contribution in [1.29, 1.82) is 0 Å². The molecule has 3 heterocycles. The predicted molar refractivity (Wildman–Crippen MR) is 154 cm³/mol. The molecule has 0 radical (unpaired) electrons. The third-order valence-electron chi connectivity index (χ3n) is 8.23. The smallest absolute Gasteiger partial charge is 0.339 e. The summed E-state index contributed by atoms with van der Waals surface area (Å²) < 4.78 is 38.3. The molecular formula is C35H30O8. The molecule has 3 fully saturated rings. The van der Waals surface area contributed by atoms with Crippen LogP contribution in [0.2, 0.25) is 0 Å². The Kier molecular flexibility index (Phi) is 7.07. The van der Waals surface area contributed by atoms with Crippen LogP contribution < -0.4 is 0 Å². The number of rotatable bonds is 6. The van der Waals surface area contributed by atoms with Gasteiger partial charge in [0, 0.05) is 5.56 Å². The fourth-order valence-corrected chi connectivity index (χ4v) is 5.97. The second-order valence-electron chi connectivity index (χ2n) is 11.0. The number of epoxide rings is 1. The normalized spacial score (nSPS) is 31.0. The van der Waals surface area contributed by atoms with Gasteiger partial charge in [0.1, 0.15) is 18.3 Å². The Hall–Kier alpha value is -4.34. The van der Waals surface area contributed by atoms with Crippen molar-refractivity contribution in [3.8, 4) is 0 Å². The predicted octanol–water partition coefficient (Wildman–Crippen LogP) is 5.81. The standard InChI is InChI=1S/C35H30O8/c1-34(43-32(37)25-18-10-4-11-19-25)30(40-31(36)24-16-8-3-9-17-24)28-27(22-38-33(39-28)26-20-12-5-13-21-26)41-35(34)29(42-35)23-14-6-2-7-15-23/h2-21,27-30,33H,22H2,1H3/t27-,28-,29-,30+,33-,34-,35-/m1/s1. The van der Waals surface area contributed by atoms with Crippen LogP contribution in [0, 0.1) is 0 Å². The van der Waals surface area contributed by atoms with Crippen molar-refractivity contribution < 1.29 is 38.0 Å². The largest absolute Gasteiger partial charge is 0.451 e. The number of hydrogen-bond acceptors (Lipinski definition) is 8. The number of carbonyl (C=O) groups is 2. The van der Waals surface area contributed by atoms with E-state index in [1.807, 2.05) is 72.8 Å². The lowest BCUT2D eigenvalue weighted by Gasteiger charge is -2.52. The Morgan fingerprint density at radius 2 is 1.23 bits per heavy atom. The van der Waals surface area contributed by atoms with Crippen LogP contribution in [0.25, 0.3) is 0 Å². The zero-order chi connectivity index (χ0) is 29.4.